The molecule has 0 bridgehead atoms. The summed E-state index contributed by atoms with van der Waals surface area (Å²) in [6, 6.07) is 0.0877. The molecule has 0 radical (unpaired) electrons. The van der Waals surface area contributed by atoms with Gasteiger partial charge in [-0.25, -0.2) is 4.79 Å². The van der Waals surface area contributed by atoms with Crippen LogP contribution in [0.2, 0.25) is 0 Å². The van der Waals surface area contributed by atoms with Crippen molar-refractivity contribution >= 4 is 6.03 Å². The van der Waals surface area contributed by atoms with Crippen LogP contribution in [0.3, 0.4) is 0 Å². The number of nitrogens with zero attached hydrogens (tertiary/aromatic N) is 2. The average molecular weight is 142 g/mol. The Morgan fingerprint density at radius 1 is 1.70 bits per heavy atom. The second-order valence-electron chi connectivity index (χ2n) is 2.64. The van der Waals surface area contributed by atoms with E-state index in [1.54, 1.807) is 16.8 Å². The Balaban J connectivity index is 2.06. The van der Waals surface area contributed by atoms with E-state index in [0.29, 0.717) is 0 Å². The van der Waals surface area contributed by atoms with Gasteiger partial charge < -0.3 is 4.74 Å². The third-order valence-corrected chi connectivity index (χ3v) is 1.96. The average Bonchev–Trinajstić information content (AvgIpc) is 2.03. The van der Waals surface area contributed by atoms with Gasteiger partial charge in [-0.15, -0.1) is 0 Å². The first kappa shape index (κ1) is 5.97. The summed E-state index contributed by atoms with van der Waals surface area (Å²) in [5, 5.41) is 0. The molecule has 2 aliphatic heterocycles. The van der Waals surface area contributed by atoms with E-state index >= 15 is 0 Å². The van der Waals surface area contributed by atoms with Crippen molar-refractivity contribution in [1.82, 2.24) is 9.80 Å². The molecular weight excluding hydrogens is 132 g/mol. The summed E-state index contributed by atoms with van der Waals surface area (Å²) in [5.41, 5.74) is 0. The van der Waals surface area contributed by atoms with Gasteiger partial charge in [0.05, 0.1) is 6.61 Å². The highest BCUT2D eigenvalue weighted by atomic mass is 16.5. The number of carbonyl (C=O) groups excluding carboxylic acids is 1. The quantitative estimate of drug-likeness (QED) is 0.479. The normalized spacial score (nSPS) is 31.7. The highest BCUT2D eigenvalue weighted by molar-refractivity contribution is 5.79. The van der Waals surface area contributed by atoms with Crippen molar-refractivity contribution in [3.05, 3.63) is 0 Å². The highest BCUT2D eigenvalue weighted by Gasteiger charge is 2.43. The predicted octanol–water partition coefficient (Wildman–Crippen LogP) is 0.0577. The Hall–Kier alpha value is -0.770. The second kappa shape index (κ2) is 1.85. The molecule has 56 valence electrons. The number of amides is 2. The summed E-state index contributed by atoms with van der Waals surface area (Å²) in [7, 11) is 1.76. The Morgan fingerprint density at radius 3 is 3.20 bits per heavy atom. The maximum Gasteiger partial charge on any atom is 0.326 e. The van der Waals surface area contributed by atoms with Crippen LogP contribution in [0.5, 0.6) is 0 Å². The fourth-order valence-corrected chi connectivity index (χ4v) is 1.38. The van der Waals surface area contributed by atoms with E-state index in [0.717, 1.165) is 19.6 Å². The van der Waals surface area contributed by atoms with Crippen molar-refractivity contribution in [2.75, 3.05) is 20.2 Å². The molecule has 2 saturated heterocycles. The zero-order valence-electron chi connectivity index (χ0n) is 5.91. The number of carbonyl (C=O) groups is 1. The molecular formula is C6H10N2O2. The fraction of sp³-hybridized carbons (Fsp3) is 0.833. The lowest BCUT2D eigenvalue weighted by Gasteiger charge is -2.50. The second-order valence-corrected chi connectivity index (χ2v) is 2.64. The summed E-state index contributed by atoms with van der Waals surface area (Å²) in [6.45, 7) is 1.63. The Kier molecular flexibility index (Phi) is 1.11. The van der Waals surface area contributed by atoms with Gasteiger partial charge in [-0.3, -0.25) is 9.80 Å². The Bertz CT molecular complexity index is 171. The van der Waals surface area contributed by atoms with Gasteiger partial charge in [-0.1, -0.05) is 0 Å². The van der Waals surface area contributed by atoms with Crippen LogP contribution >= 0.6 is 0 Å². The van der Waals surface area contributed by atoms with E-state index < -0.39 is 0 Å². The number of hydrogen-bond acceptors (Lipinski definition) is 2. The lowest BCUT2D eigenvalue weighted by Crippen LogP contribution is -2.68. The highest BCUT2D eigenvalue weighted by Crippen LogP contribution is 2.23. The maximum atomic E-state index is 11.0. The van der Waals surface area contributed by atoms with Crippen LogP contribution in [0.15, 0.2) is 0 Å². The van der Waals surface area contributed by atoms with Gasteiger partial charge >= 0.3 is 6.03 Å². The number of fused-ring (bicyclic) bond motifs is 1. The lowest BCUT2D eigenvalue weighted by molar-refractivity contribution is -0.189. The van der Waals surface area contributed by atoms with Crippen LogP contribution in [0.4, 0.5) is 4.79 Å². The summed E-state index contributed by atoms with van der Waals surface area (Å²) < 4.78 is 5.29. The van der Waals surface area contributed by atoms with Gasteiger partial charge in [0.2, 0.25) is 6.35 Å². The van der Waals surface area contributed by atoms with Crippen LogP contribution in [-0.4, -0.2) is 42.4 Å². The van der Waals surface area contributed by atoms with Crippen molar-refractivity contribution in [1.29, 1.82) is 0 Å². The molecule has 4 nitrogen and oxygen atoms in total. The molecule has 4 heteroatoms. The van der Waals surface area contributed by atoms with E-state index in [4.69, 9.17) is 4.74 Å². The molecule has 0 aromatic rings. The zero-order valence-corrected chi connectivity index (χ0v) is 5.91. The minimum atomic E-state index is -0.0544. The van der Waals surface area contributed by atoms with Crippen molar-refractivity contribution < 1.29 is 9.53 Å². The summed E-state index contributed by atoms with van der Waals surface area (Å²) in [5.74, 6) is 0. The molecule has 0 saturated carbocycles. The Morgan fingerprint density at radius 2 is 2.50 bits per heavy atom. The largest absolute Gasteiger partial charge is 0.340 e. The van der Waals surface area contributed by atoms with Crippen LogP contribution < -0.4 is 0 Å². The molecule has 0 aliphatic carbocycles. The van der Waals surface area contributed by atoms with Gasteiger partial charge in [0.15, 0.2) is 0 Å². The van der Waals surface area contributed by atoms with Crippen LogP contribution in [-0.2, 0) is 4.74 Å². The number of rotatable bonds is 0. The lowest BCUT2D eigenvalue weighted by atomic mass is 10.3. The molecule has 2 rings (SSSR count). The van der Waals surface area contributed by atoms with E-state index in [1.165, 1.54) is 0 Å². The molecule has 2 aliphatic rings. The first-order valence-corrected chi connectivity index (χ1v) is 3.46. The van der Waals surface area contributed by atoms with Crippen LogP contribution in [0.1, 0.15) is 6.42 Å². The first-order chi connectivity index (χ1) is 4.80. The van der Waals surface area contributed by atoms with E-state index in [9.17, 15) is 4.79 Å². The maximum absolute atomic E-state index is 11.0. The predicted molar refractivity (Wildman–Crippen MR) is 34.2 cm³/mol. The minimum Gasteiger partial charge on any atom is -0.340 e. The van der Waals surface area contributed by atoms with E-state index in [-0.39, 0.29) is 12.4 Å². The number of ether oxygens (including phenoxy) is 1. The molecule has 0 aromatic heterocycles. The molecule has 0 N–H and O–H groups in total. The molecule has 2 fully saturated rings. The van der Waals surface area contributed by atoms with Crippen LogP contribution in [0.25, 0.3) is 0 Å². The molecule has 0 spiro atoms. The van der Waals surface area contributed by atoms with E-state index in [2.05, 4.69) is 0 Å². The molecule has 2 heterocycles. The van der Waals surface area contributed by atoms with Crippen molar-refractivity contribution in [2.45, 2.75) is 12.8 Å². The van der Waals surface area contributed by atoms with Gasteiger partial charge in [0, 0.05) is 13.6 Å². The summed E-state index contributed by atoms with van der Waals surface area (Å²) in [6.07, 6.45) is 0.914. The monoisotopic (exact) mass is 142 g/mol. The molecule has 2 amide bonds. The molecule has 0 aromatic carbocycles. The fourth-order valence-electron chi connectivity index (χ4n) is 1.38. The third-order valence-electron chi connectivity index (χ3n) is 1.96. The van der Waals surface area contributed by atoms with Gasteiger partial charge in [-0.2, -0.15) is 0 Å². The SMILES string of the molecule is CN1C(=O)N2CCCOC12. The number of urea groups is 1. The third kappa shape index (κ3) is 0.568. The molecule has 1 unspecified atom stereocenters. The Labute approximate surface area is 59.3 Å². The zero-order chi connectivity index (χ0) is 7.14. The van der Waals surface area contributed by atoms with Gasteiger partial charge in [0.25, 0.3) is 0 Å². The summed E-state index contributed by atoms with van der Waals surface area (Å²) >= 11 is 0. The first-order valence-electron chi connectivity index (χ1n) is 3.46. The van der Waals surface area contributed by atoms with Gasteiger partial charge in [0.1, 0.15) is 0 Å². The van der Waals surface area contributed by atoms with Crippen molar-refractivity contribution in [3.8, 4) is 0 Å². The summed E-state index contributed by atoms with van der Waals surface area (Å²) in [4.78, 5) is 14.3. The minimum absolute atomic E-state index is 0.0544. The van der Waals surface area contributed by atoms with Crippen molar-refractivity contribution in [3.63, 3.8) is 0 Å². The van der Waals surface area contributed by atoms with Crippen molar-refractivity contribution in [2.24, 2.45) is 0 Å². The topological polar surface area (TPSA) is 32.8 Å². The standard InChI is InChI=1S/C6H10N2O2/c1-7-5(9)8-3-2-4-10-6(7)8/h6H,2-4H2,1H3. The van der Waals surface area contributed by atoms with Gasteiger partial charge in [-0.05, 0) is 6.42 Å². The smallest absolute Gasteiger partial charge is 0.326 e. The number of hydrogen-bond donors (Lipinski definition) is 0. The van der Waals surface area contributed by atoms with Crippen LogP contribution in [0, 0.1) is 0 Å². The molecule has 10 heavy (non-hydrogen) atoms. The molecule has 1 atom stereocenters. The van der Waals surface area contributed by atoms with E-state index in [1.807, 2.05) is 0 Å².